The van der Waals surface area contributed by atoms with Crippen LogP contribution >= 0.6 is 11.8 Å². The second-order valence-corrected chi connectivity index (χ2v) is 6.61. The van der Waals surface area contributed by atoms with Crippen LogP contribution in [0.25, 0.3) is 0 Å². The van der Waals surface area contributed by atoms with Crippen LogP contribution in [0.15, 0.2) is 47.6 Å². The van der Waals surface area contributed by atoms with E-state index in [1.165, 1.54) is 17.3 Å². The predicted octanol–water partition coefficient (Wildman–Crippen LogP) is 2.11. The van der Waals surface area contributed by atoms with Gasteiger partial charge in [0, 0.05) is 28.6 Å². The van der Waals surface area contributed by atoms with Gasteiger partial charge in [0.15, 0.2) is 11.5 Å². The summed E-state index contributed by atoms with van der Waals surface area (Å²) in [5.74, 6) is -0.101. The summed E-state index contributed by atoms with van der Waals surface area (Å²) in [5, 5.41) is 2.92. The molecule has 0 aliphatic heterocycles. The molecule has 21 heavy (non-hydrogen) atoms. The van der Waals surface area contributed by atoms with E-state index in [0.717, 1.165) is 12.8 Å². The smallest absolute Gasteiger partial charge is 0.273 e. The Labute approximate surface area is 127 Å². The molecule has 0 radical (unpaired) electrons. The summed E-state index contributed by atoms with van der Waals surface area (Å²) in [5.41, 5.74) is 5.85. The molecule has 108 valence electrons. The Hall–Kier alpha value is -2.08. The van der Waals surface area contributed by atoms with Gasteiger partial charge >= 0.3 is 0 Å². The highest BCUT2D eigenvalue weighted by Gasteiger charge is 2.44. The van der Waals surface area contributed by atoms with Crippen molar-refractivity contribution < 1.29 is 4.79 Å². The number of carbonyl (C=O) groups is 1. The third kappa shape index (κ3) is 3.33. The van der Waals surface area contributed by atoms with Crippen molar-refractivity contribution in [2.45, 2.75) is 22.5 Å². The molecule has 0 spiro atoms. The maximum absolute atomic E-state index is 12.1. The molecule has 1 aromatic carbocycles. The van der Waals surface area contributed by atoms with Crippen LogP contribution in [0.5, 0.6) is 0 Å². The van der Waals surface area contributed by atoms with Gasteiger partial charge in [-0.3, -0.25) is 4.79 Å². The largest absolute Gasteiger partial charge is 0.382 e. The number of carbonyl (C=O) groups excluding carboxylic acids is 1. The van der Waals surface area contributed by atoms with Crippen LogP contribution in [-0.2, 0) is 0 Å². The molecule has 1 aliphatic rings. The maximum Gasteiger partial charge on any atom is 0.273 e. The Balaban J connectivity index is 1.60. The summed E-state index contributed by atoms with van der Waals surface area (Å²) in [6.45, 7) is 0.613. The Kier molecular flexibility index (Phi) is 3.79. The van der Waals surface area contributed by atoms with Crippen LogP contribution in [-0.4, -0.2) is 27.2 Å². The molecular weight excluding hydrogens is 284 g/mol. The minimum absolute atomic E-state index is 0.105. The average Bonchev–Trinajstić information content (AvgIpc) is 3.26. The number of hydrogen-bond donors (Lipinski definition) is 2. The number of nitrogen functional groups attached to an aromatic ring is 1. The second kappa shape index (κ2) is 5.73. The minimum Gasteiger partial charge on any atom is -0.382 e. The van der Waals surface area contributed by atoms with Crippen molar-refractivity contribution >= 4 is 23.5 Å². The van der Waals surface area contributed by atoms with Gasteiger partial charge in [-0.25, -0.2) is 9.97 Å². The molecule has 1 amide bonds. The van der Waals surface area contributed by atoms with Gasteiger partial charge < -0.3 is 11.1 Å². The summed E-state index contributed by atoms with van der Waals surface area (Å²) in [7, 11) is 0. The molecule has 0 unspecified atom stereocenters. The van der Waals surface area contributed by atoms with E-state index in [9.17, 15) is 4.79 Å². The number of amides is 1. The number of nitrogens with zero attached hydrogens (tertiary/aromatic N) is 2. The first-order valence-corrected chi connectivity index (χ1v) is 7.59. The Bertz CT molecular complexity index is 643. The lowest BCUT2D eigenvalue weighted by Crippen LogP contribution is -2.33. The molecule has 2 aromatic rings. The molecule has 1 saturated carbocycles. The molecule has 3 N–H and O–H groups in total. The zero-order chi connectivity index (χ0) is 14.7. The van der Waals surface area contributed by atoms with Crippen molar-refractivity contribution in [3.8, 4) is 0 Å². The molecule has 0 atom stereocenters. The summed E-state index contributed by atoms with van der Waals surface area (Å²) in [4.78, 5) is 21.2. The van der Waals surface area contributed by atoms with E-state index in [-0.39, 0.29) is 22.2 Å². The van der Waals surface area contributed by atoms with Crippen molar-refractivity contribution in [1.82, 2.24) is 15.3 Å². The standard InChI is InChI=1S/C15H16N4OS/c16-13-12(17-8-9-18-13)14(20)19-10-15(6-7-15)21-11-4-2-1-3-5-11/h1-5,8-9H,6-7,10H2,(H2,16,18)(H,19,20). The molecule has 0 bridgehead atoms. The Morgan fingerprint density at radius 1 is 1.24 bits per heavy atom. The quantitative estimate of drug-likeness (QED) is 0.884. The summed E-state index contributed by atoms with van der Waals surface area (Å²) in [6, 6.07) is 10.2. The summed E-state index contributed by atoms with van der Waals surface area (Å²) < 4.78 is 0.105. The second-order valence-electron chi connectivity index (χ2n) is 5.07. The number of anilines is 1. The number of thioether (sulfide) groups is 1. The van der Waals surface area contributed by atoms with Gasteiger partial charge in [0.25, 0.3) is 5.91 Å². The van der Waals surface area contributed by atoms with Crippen molar-refractivity contribution in [3.05, 3.63) is 48.4 Å². The molecule has 1 aliphatic carbocycles. The van der Waals surface area contributed by atoms with E-state index >= 15 is 0 Å². The van der Waals surface area contributed by atoms with Crippen molar-refractivity contribution in [3.63, 3.8) is 0 Å². The average molecular weight is 300 g/mol. The number of nitrogens with one attached hydrogen (secondary N) is 1. The van der Waals surface area contributed by atoms with Crippen LogP contribution in [0.3, 0.4) is 0 Å². The van der Waals surface area contributed by atoms with Crippen LogP contribution in [0.2, 0.25) is 0 Å². The normalized spacial score (nSPS) is 15.4. The lowest BCUT2D eigenvalue weighted by molar-refractivity contribution is 0.0948. The highest BCUT2D eigenvalue weighted by molar-refractivity contribution is 8.01. The fraction of sp³-hybridized carbons (Fsp3) is 0.267. The number of rotatable bonds is 5. The first kappa shape index (κ1) is 13.9. The third-order valence-corrected chi connectivity index (χ3v) is 4.89. The molecule has 6 heteroatoms. The van der Waals surface area contributed by atoms with Crippen molar-refractivity contribution in [1.29, 1.82) is 0 Å². The molecule has 1 heterocycles. The predicted molar refractivity (Wildman–Crippen MR) is 83.0 cm³/mol. The minimum atomic E-state index is -0.263. The summed E-state index contributed by atoms with van der Waals surface area (Å²) in [6.07, 6.45) is 5.14. The van der Waals surface area contributed by atoms with Gasteiger partial charge in [-0.1, -0.05) is 18.2 Å². The zero-order valence-corrected chi connectivity index (χ0v) is 12.3. The van der Waals surface area contributed by atoms with E-state index < -0.39 is 0 Å². The van der Waals surface area contributed by atoms with E-state index in [1.807, 2.05) is 30.0 Å². The maximum atomic E-state index is 12.1. The number of hydrogen-bond acceptors (Lipinski definition) is 5. The SMILES string of the molecule is Nc1nccnc1C(=O)NCC1(Sc2ccccc2)CC1. The van der Waals surface area contributed by atoms with Gasteiger partial charge in [0.05, 0.1) is 0 Å². The van der Waals surface area contributed by atoms with Crippen molar-refractivity contribution in [2.24, 2.45) is 0 Å². The van der Waals surface area contributed by atoms with E-state index in [4.69, 9.17) is 5.73 Å². The Morgan fingerprint density at radius 3 is 2.62 bits per heavy atom. The van der Waals surface area contributed by atoms with Crippen LogP contribution in [0, 0.1) is 0 Å². The van der Waals surface area contributed by atoms with Gasteiger partial charge in [-0.2, -0.15) is 0 Å². The molecule has 5 nitrogen and oxygen atoms in total. The van der Waals surface area contributed by atoms with Crippen LogP contribution in [0.4, 0.5) is 5.82 Å². The van der Waals surface area contributed by atoms with E-state index in [1.54, 1.807) is 0 Å². The third-order valence-electron chi connectivity index (χ3n) is 3.40. The number of nitrogens with two attached hydrogens (primary N) is 1. The van der Waals surface area contributed by atoms with Gasteiger partial charge in [-0.05, 0) is 25.0 Å². The zero-order valence-electron chi connectivity index (χ0n) is 11.5. The number of aromatic nitrogens is 2. The van der Waals surface area contributed by atoms with Crippen LogP contribution in [0.1, 0.15) is 23.3 Å². The lowest BCUT2D eigenvalue weighted by Gasteiger charge is -2.15. The van der Waals surface area contributed by atoms with Crippen LogP contribution < -0.4 is 11.1 Å². The fourth-order valence-corrected chi connectivity index (χ4v) is 3.29. The molecule has 3 rings (SSSR count). The van der Waals surface area contributed by atoms with Gasteiger partial charge in [0.1, 0.15) is 0 Å². The Morgan fingerprint density at radius 2 is 1.95 bits per heavy atom. The monoisotopic (exact) mass is 300 g/mol. The number of benzene rings is 1. The fourth-order valence-electron chi connectivity index (χ4n) is 2.04. The van der Waals surface area contributed by atoms with Crippen molar-refractivity contribution in [2.75, 3.05) is 12.3 Å². The van der Waals surface area contributed by atoms with Gasteiger partial charge in [0.2, 0.25) is 0 Å². The molecular formula is C15H16N4OS. The van der Waals surface area contributed by atoms with E-state index in [2.05, 4.69) is 27.4 Å². The first-order chi connectivity index (χ1) is 10.2. The van der Waals surface area contributed by atoms with E-state index in [0.29, 0.717) is 6.54 Å². The molecule has 0 saturated heterocycles. The highest BCUT2D eigenvalue weighted by Crippen LogP contribution is 2.51. The first-order valence-electron chi connectivity index (χ1n) is 6.77. The molecule has 1 fully saturated rings. The highest BCUT2D eigenvalue weighted by atomic mass is 32.2. The lowest BCUT2D eigenvalue weighted by atomic mass is 10.3. The van der Waals surface area contributed by atoms with Gasteiger partial charge in [-0.15, -0.1) is 11.8 Å². The summed E-state index contributed by atoms with van der Waals surface area (Å²) >= 11 is 1.82. The molecule has 1 aromatic heterocycles. The topological polar surface area (TPSA) is 80.9 Å².